The maximum Gasteiger partial charge on any atom is 0.326 e. The van der Waals surface area contributed by atoms with E-state index >= 15 is 0 Å². The van der Waals surface area contributed by atoms with Gasteiger partial charge >= 0.3 is 12.0 Å². The Morgan fingerprint density at radius 2 is 2.22 bits per heavy atom. The lowest BCUT2D eigenvalue weighted by molar-refractivity contribution is -0.136. The summed E-state index contributed by atoms with van der Waals surface area (Å²) in [5.74, 6) is -0.858. The highest BCUT2D eigenvalue weighted by atomic mass is 32.2. The van der Waals surface area contributed by atoms with Crippen LogP contribution in [0, 0.1) is 0 Å². The molecule has 0 saturated carbocycles. The highest BCUT2D eigenvalue weighted by molar-refractivity contribution is 8.02. The third-order valence-electron chi connectivity index (χ3n) is 2.72. The summed E-state index contributed by atoms with van der Waals surface area (Å²) in [5, 5.41) is 24.6. The number of hydrogen-bond acceptors (Lipinski definition) is 7. The summed E-state index contributed by atoms with van der Waals surface area (Å²) in [6.07, 6.45) is 2.37. The number of nitrogens with zero attached hydrogens (tertiary/aromatic N) is 2. The Morgan fingerprint density at radius 1 is 1.39 bits per heavy atom. The molecule has 1 atom stereocenters. The Balaban J connectivity index is 1.89. The van der Waals surface area contributed by atoms with Gasteiger partial charge in [0, 0.05) is 0 Å². The molecular formula is C13H16N4O3S3. The SMILES string of the molecule is CCCC[C@@H](Sc1nnc(NC(=O)Nc2cccs2)s1)C(=O)O. The second kappa shape index (κ2) is 8.85. The first-order valence-corrected chi connectivity index (χ1v) is 9.50. The minimum Gasteiger partial charge on any atom is -0.480 e. The van der Waals surface area contributed by atoms with E-state index in [-0.39, 0.29) is 0 Å². The molecule has 0 aliphatic heterocycles. The number of aliphatic carboxylic acids is 1. The normalized spacial score (nSPS) is 11.9. The molecule has 2 aromatic rings. The van der Waals surface area contributed by atoms with Crippen LogP contribution in [0.15, 0.2) is 21.9 Å². The number of carboxylic acid groups (broad SMARTS) is 1. The summed E-state index contributed by atoms with van der Waals surface area (Å²) in [7, 11) is 0. The molecule has 0 radical (unpaired) electrons. The number of anilines is 2. The number of carbonyl (C=O) groups is 2. The molecule has 0 aliphatic rings. The Hall–Kier alpha value is -1.65. The summed E-state index contributed by atoms with van der Waals surface area (Å²) in [6.45, 7) is 2.02. The number of thioether (sulfide) groups is 1. The van der Waals surface area contributed by atoms with E-state index in [0.29, 0.717) is 15.9 Å². The largest absolute Gasteiger partial charge is 0.480 e. The fourth-order valence-corrected chi connectivity index (χ4v) is 4.22. The molecule has 2 aromatic heterocycles. The maximum absolute atomic E-state index is 11.8. The number of carbonyl (C=O) groups excluding carboxylic acids is 1. The van der Waals surface area contributed by atoms with Crippen molar-refractivity contribution < 1.29 is 14.7 Å². The highest BCUT2D eigenvalue weighted by Crippen LogP contribution is 2.31. The van der Waals surface area contributed by atoms with Gasteiger partial charge in [0.05, 0.1) is 5.00 Å². The quantitative estimate of drug-likeness (QED) is 0.478. The smallest absolute Gasteiger partial charge is 0.326 e. The lowest BCUT2D eigenvalue weighted by Gasteiger charge is -2.08. The summed E-state index contributed by atoms with van der Waals surface area (Å²) < 4.78 is 0.528. The minimum atomic E-state index is -0.858. The fraction of sp³-hybridized carbons (Fsp3) is 0.385. The van der Waals surface area contributed by atoms with E-state index in [4.69, 9.17) is 0 Å². The Kier molecular flexibility index (Phi) is 6.81. The van der Waals surface area contributed by atoms with Gasteiger partial charge in [-0.2, -0.15) is 0 Å². The van der Waals surface area contributed by atoms with E-state index in [1.165, 1.54) is 23.1 Å². The summed E-state index contributed by atoms with van der Waals surface area (Å²) >= 11 is 3.74. The van der Waals surface area contributed by atoms with E-state index in [1.807, 2.05) is 18.4 Å². The average molecular weight is 372 g/mol. The molecule has 0 unspecified atom stereocenters. The van der Waals surface area contributed by atoms with Crippen molar-refractivity contribution in [2.45, 2.75) is 35.8 Å². The van der Waals surface area contributed by atoms with Crippen molar-refractivity contribution in [2.24, 2.45) is 0 Å². The van der Waals surface area contributed by atoms with Gasteiger partial charge in [0.2, 0.25) is 5.13 Å². The average Bonchev–Trinajstić information content (AvgIpc) is 3.15. The second-order valence-electron chi connectivity index (χ2n) is 4.52. The Bertz CT molecular complexity index is 645. The molecule has 124 valence electrons. The number of hydrogen-bond donors (Lipinski definition) is 3. The number of aromatic nitrogens is 2. The molecule has 2 rings (SSSR count). The first kappa shape index (κ1) is 17.7. The van der Waals surface area contributed by atoms with Gasteiger partial charge in [-0.05, 0) is 23.9 Å². The van der Waals surface area contributed by atoms with E-state index in [2.05, 4.69) is 20.8 Å². The number of urea groups is 1. The molecule has 0 aromatic carbocycles. The first-order chi connectivity index (χ1) is 11.1. The number of amides is 2. The Labute approximate surface area is 145 Å². The molecule has 2 heterocycles. The molecule has 7 nitrogen and oxygen atoms in total. The van der Waals surface area contributed by atoms with Crippen molar-refractivity contribution in [1.29, 1.82) is 0 Å². The van der Waals surface area contributed by atoms with Gasteiger partial charge in [-0.25, -0.2) is 4.79 Å². The third kappa shape index (κ3) is 5.81. The van der Waals surface area contributed by atoms with Gasteiger partial charge in [-0.1, -0.05) is 42.9 Å². The van der Waals surface area contributed by atoms with Gasteiger partial charge in [-0.15, -0.1) is 21.5 Å². The third-order valence-corrected chi connectivity index (χ3v) is 5.69. The van der Waals surface area contributed by atoms with Crippen LogP contribution in [0.1, 0.15) is 26.2 Å². The molecule has 0 spiro atoms. The van der Waals surface area contributed by atoms with Crippen LogP contribution >= 0.6 is 34.4 Å². The van der Waals surface area contributed by atoms with Gasteiger partial charge < -0.3 is 5.11 Å². The van der Waals surface area contributed by atoms with Crippen LogP contribution < -0.4 is 10.6 Å². The van der Waals surface area contributed by atoms with Crippen LogP contribution in [0.4, 0.5) is 14.9 Å². The lowest BCUT2D eigenvalue weighted by atomic mass is 10.2. The molecular weight excluding hydrogens is 356 g/mol. The van der Waals surface area contributed by atoms with Crippen molar-refractivity contribution in [3.05, 3.63) is 17.5 Å². The van der Waals surface area contributed by atoms with Crippen LogP contribution in [0.3, 0.4) is 0 Å². The van der Waals surface area contributed by atoms with Crippen LogP contribution in [-0.2, 0) is 4.79 Å². The van der Waals surface area contributed by atoms with Crippen molar-refractivity contribution in [1.82, 2.24) is 10.2 Å². The monoisotopic (exact) mass is 372 g/mol. The molecule has 2 amide bonds. The number of thiophene rings is 1. The topological polar surface area (TPSA) is 104 Å². The minimum absolute atomic E-state index is 0.334. The van der Waals surface area contributed by atoms with E-state index in [1.54, 1.807) is 6.07 Å². The molecule has 0 fully saturated rings. The van der Waals surface area contributed by atoms with Gasteiger partial charge in [0.1, 0.15) is 5.25 Å². The van der Waals surface area contributed by atoms with Crippen molar-refractivity contribution in [3.8, 4) is 0 Å². The summed E-state index contributed by atoms with van der Waals surface area (Å²) in [4.78, 5) is 23.0. The highest BCUT2D eigenvalue weighted by Gasteiger charge is 2.21. The number of carboxylic acids is 1. The standard InChI is InChI=1S/C13H16N4O3S3/c1-2-3-5-8(10(18)19)22-13-17-16-12(23-13)15-11(20)14-9-6-4-7-21-9/h4,6-8H,2-3,5H2,1H3,(H,18,19)(H2,14,15,16,20)/t8-/m1/s1. The lowest BCUT2D eigenvalue weighted by Crippen LogP contribution is -2.18. The Morgan fingerprint density at radius 3 is 2.87 bits per heavy atom. The molecule has 0 saturated heterocycles. The maximum atomic E-state index is 11.8. The number of nitrogens with one attached hydrogen (secondary N) is 2. The van der Waals surface area contributed by atoms with Gasteiger partial charge in [0.15, 0.2) is 4.34 Å². The fourth-order valence-electron chi connectivity index (χ4n) is 1.64. The predicted molar refractivity (Wildman–Crippen MR) is 93.7 cm³/mol. The first-order valence-electron chi connectivity index (χ1n) is 6.93. The number of unbranched alkanes of at least 4 members (excludes halogenated alkanes) is 1. The van der Waals surface area contributed by atoms with Gasteiger partial charge in [0.25, 0.3) is 0 Å². The van der Waals surface area contributed by atoms with Crippen molar-refractivity contribution >= 4 is 56.6 Å². The van der Waals surface area contributed by atoms with Crippen LogP contribution in [0.5, 0.6) is 0 Å². The van der Waals surface area contributed by atoms with Crippen LogP contribution in [0.2, 0.25) is 0 Å². The zero-order valence-corrected chi connectivity index (χ0v) is 14.8. The molecule has 3 N–H and O–H groups in total. The van der Waals surface area contributed by atoms with E-state index < -0.39 is 17.3 Å². The summed E-state index contributed by atoms with van der Waals surface area (Å²) in [6, 6.07) is 3.22. The van der Waals surface area contributed by atoms with Crippen molar-refractivity contribution in [2.75, 3.05) is 10.6 Å². The van der Waals surface area contributed by atoms with Crippen molar-refractivity contribution in [3.63, 3.8) is 0 Å². The number of rotatable bonds is 8. The zero-order chi connectivity index (χ0) is 16.7. The van der Waals surface area contributed by atoms with E-state index in [9.17, 15) is 14.7 Å². The second-order valence-corrected chi connectivity index (χ2v) is 7.89. The zero-order valence-electron chi connectivity index (χ0n) is 12.3. The molecule has 0 bridgehead atoms. The molecule has 10 heteroatoms. The van der Waals surface area contributed by atoms with E-state index in [0.717, 1.165) is 29.2 Å². The summed E-state index contributed by atoms with van der Waals surface area (Å²) in [5.41, 5.74) is 0. The molecule has 0 aliphatic carbocycles. The van der Waals surface area contributed by atoms with Crippen LogP contribution in [0.25, 0.3) is 0 Å². The molecule has 23 heavy (non-hydrogen) atoms. The van der Waals surface area contributed by atoms with Gasteiger partial charge in [-0.3, -0.25) is 15.4 Å². The van der Waals surface area contributed by atoms with Crippen LogP contribution in [-0.4, -0.2) is 32.6 Å². The predicted octanol–water partition coefficient (Wildman–Crippen LogP) is 3.98.